The Hall–Kier alpha value is -1.11. The summed E-state index contributed by atoms with van der Waals surface area (Å²) in [5.74, 6) is -3.25. The average molecular weight is 780 g/mol. The number of aliphatic hydroxyl groups is 4. The molecule has 1 unspecified atom stereocenters. The number of ether oxygens (including phenoxy) is 6. The highest BCUT2D eigenvalue weighted by atomic mass is 32.2. The van der Waals surface area contributed by atoms with Crippen LogP contribution in [0.4, 0.5) is 4.79 Å². The number of nitrogens with zero attached hydrogens (tertiary/aromatic N) is 1. The predicted octanol–water partition coefficient (Wildman–Crippen LogP) is 4.03. The SMILES string of the molecule is CC[C@H]1OC(=O)[C@H](C)[C@@H](O[C@H]2C[C@@](C)(OC)[C@@H](O)[C@H](C)O2)[C@H](C)[C@@H](O[C@@H]2O[C@H](C)C[C@H](N(C)C)[C@H]2O)[C@](C)(O)C[C@@H](C)C(SC(=O)O)[C@H](C)C[C@]1(C)O. The molecule has 3 fully saturated rings. The second-order valence-corrected chi connectivity index (χ2v) is 18.2. The molecule has 0 aromatic rings. The molecule has 15 heteroatoms. The first-order valence-corrected chi connectivity index (χ1v) is 20.0. The molecule has 5 N–H and O–H groups in total. The molecule has 3 aliphatic rings. The van der Waals surface area contributed by atoms with Crippen molar-refractivity contribution in [3.8, 4) is 0 Å². The van der Waals surface area contributed by atoms with Crippen molar-refractivity contribution in [1.82, 2.24) is 4.90 Å². The molecule has 3 rings (SSSR count). The van der Waals surface area contributed by atoms with E-state index < -0.39 is 100 Å². The molecule has 14 nitrogen and oxygen atoms in total. The Kier molecular flexibility index (Phi) is 16.1. The fourth-order valence-electron chi connectivity index (χ4n) is 9.00. The smallest absolute Gasteiger partial charge is 0.365 e. The quantitative estimate of drug-likeness (QED) is 0.222. The van der Waals surface area contributed by atoms with E-state index in [4.69, 9.17) is 28.4 Å². The van der Waals surface area contributed by atoms with Crippen LogP contribution in [0.3, 0.4) is 0 Å². The highest BCUT2D eigenvalue weighted by Crippen LogP contribution is 2.43. The van der Waals surface area contributed by atoms with Gasteiger partial charge in [0.2, 0.25) is 0 Å². The van der Waals surface area contributed by atoms with Crippen LogP contribution in [0.15, 0.2) is 0 Å². The summed E-state index contributed by atoms with van der Waals surface area (Å²) in [4.78, 5) is 28.3. The molecular formula is C38H69NO13S. The predicted molar refractivity (Wildman–Crippen MR) is 199 cm³/mol. The average Bonchev–Trinajstić information content (AvgIpc) is 3.05. The summed E-state index contributed by atoms with van der Waals surface area (Å²) in [6.45, 7) is 17.5. The van der Waals surface area contributed by atoms with E-state index in [9.17, 15) is 35.1 Å². The number of carbonyl (C=O) groups excluding carboxylic acids is 1. The minimum absolute atomic E-state index is 0.0581. The molecule has 18 atom stereocenters. The minimum Gasteiger partial charge on any atom is -0.473 e. The van der Waals surface area contributed by atoms with E-state index >= 15 is 0 Å². The van der Waals surface area contributed by atoms with Crippen molar-refractivity contribution in [2.24, 2.45) is 23.7 Å². The monoisotopic (exact) mass is 779 g/mol. The normalized spacial score (nSPS) is 48.2. The molecule has 0 amide bonds. The van der Waals surface area contributed by atoms with Crippen LogP contribution < -0.4 is 0 Å². The molecule has 0 aliphatic carbocycles. The number of carboxylic acid groups (broad SMARTS) is 1. The molecule has 3 heterocycles. The summed E-state index contributed by atoms with van der Waals surface area (Å²) in [6, 6.07) is -0.311. The summed E-state index contributed by atoms with van der Waals surface area (Å²) < 4.78 is 37.5. The Bertz CT molecular complexity index is 1210. The highest BCUT2D eigenvalue weighted by molar-refractivity contribution is 8.13. The number of cyclic esters (lactones) is 1. The summed E-state index contributed by atoms with van der Waals surface area (Å²) in [5, 5.41) is 55.1. The highest BCUT2D eigenvalue weighted by Gasteiger charge is 2.52. The van der Waals surface area contributed by atoms with Gasteiger partial charge in [-0.05, 0) is 105 Å². The number of rotatable bonds is 8. The number of carbonyl (C=O) groups is 2. The van der Waals surface area contributed by atoms with Gasteiger partial charge in [-0.15, -0.1) is 0 Å². The van der Waals surface area contributed by atoms with E-state index in [0.717, 1.165) is 11.8 Å². The van der Waals surface area contributed by atoms with Crippen LogP contribution in [0, 0.1) is 23.7 Å². The topological polar surface area (TPSA) is 194 Å². The summed E-state index contributed by atoms with van der Waals surface area (Å²) >= 11 is 0.733. The van der Waals surface area contributed by atoms with Gasteiger partial charge in [-0.2, -0.15) is 0 Å². The molecular weight excluding hydrogens is 710 g/mol. The third-order valence-electron chi connectivity index (χ3n) is 12.0. The Morgan fingerprint density at radius 2 is 1.53 bits per heavy atom. The van der Waals surface area contributed by atoms with Gasteiger partial charge in [0.05, 0.1) is 47.1 Å². The molecule has 0 radical (unpaired) electrons. The van der Waals surface area contributed by atoms with Crippen LogP contribution in [-0.4, -0.2) is 146 Å². The van der Waals surface area contributed by atoms with Crippen molar-refractivity contribution in [3.05, 3.63) is 0 Å². The number of esters is 1. The van der Waals surface area contributed by atoms with Crippen molar-refractivity contribution in [1.29, 1.82) is 0 Å². The van der Waals surface area contributed by atoms with Gasteiger partial charge in [0.15, 0.2) is 12.6 Å². The van der Waals surface area contributed by atoms with Crippen molar-refractivity contribution in [2.75, 3.05) is 21.2 Å². The van der Waals surface area contributed by atoms with E-state index in [1.165, 1.54) is 7.11 Å². The lowest BCUT2D eigenvalue weighted by molar-refractivity contribution is -0.318. The number of thioether (sulfide) groups is 1. The van der Waals surface area contributed by atoms with Crippen molar-refractivity contribution < 1.29 is 63.5 Å². The summed E-state index contributed by atoms with van der Waals surface area (Å²) in [6.07, 6.45) is -7.12. The molecule has 0 aromatic carbocycles. The van der Waals surface area contributed by atoms with Crippen LogP contribution in [-0.2, 0) is 33.2 Å². The van der Waals surface area contributed by atoms with Crippen molar-refractivity contribution >= 4 is 23.0 Å². The minimum atomic E-state index is -1.70. The van der Waals surface area contributed by atoms with Gasteiger partial charge in [0.1, 0.15) is 18.3 Å². The maximum atomic E-state index is 14.2. The van der Waals surface area contributed by atoms with Crippen molar-refractivity contribution in [2.45, 2.75) is 185 Å². The molecule has 0 spiro atoms. The molecule has 3 saturated heterocycles. The Labute approximate surface area is 320 Å². The molecule has 310 valence electrons. The first-order valence-electron chi connectivity index (χ1n) is 19.1. The van der Waals surface area contributed by atoms with Gasteiger partial charge < -0.3 is 58.9 Å². The zero-order chi connectivity index (χ0) is 40.4. The zero-order valence-corrected chi connectivity index (χ0v) is 34.9. The number of likely N-dealkylation sites (N-methyl/N-ethyl adjacent to an activating group) is 1. The van der Waals surface area contributed by atoms with Crippen molar-refractivity contribution in [3.63, 3.8) is 0 Å². The van der Waals surface area contributed by atoms with Gasteiger partial charge in [0.25, 0.3) is 0 Å². The maximum absolute atomic E-state index is 14.2. The largest absolute Gasteiger partial charge is 0.473 e. The molecule has 3 aliphatic heterocycles. The van der Waals surface area contributed by atoms with Crippen LogP contribution in [0.1, 0.15) is 101 Å². The van der Waals surface area contributed by atoms with E-state index in [1.54, 1.807) is 48.5 Å². The molecule has 0 aromatic heterocycles. The molecule has 0 saturated carbocycles. The lowest BCUT2D eigenvalue weighted by Crippen LogP contribution is -2.60. The zero-order valence-electron chi connectivity index (χ0n) is 34.1. The third kappa shape index (κ3) is 11.1. The van der Waals surface area contributed by atoms with E-state index in [0.29, 0.717) is 12.8 Å². The standard InChI is InChI=1S/C38H69NO13S/c1-14-26-36(8,45)16-19(2)30(53-35(43)44)20(3)17-37(9,46)32(52-34-28(40)25(39(11)12)15-21(4)48-34)22(5)29(23(6)33(42)50-26)51-27-18-38(10,47-13)31(41)24(7)49-27/h19-32,34,40-41,45-46H,14-18H2,1-13H3,(H,43,44)/t19-,20-,21-,22+,23-,24+,25+,26-,27+,28-,29+,30?,31+,32-,34+,36+,37-,38-/m1/s1. The van der Waals surface area contributed by atoms with Gasteiger partial charge in [-0.25, -0.2) is 4.79 Å². The Morgan fingerprint density at radius 1 is 0.943 bits per heavy atom. The third-order valence-corrected chi connectivity index (χ3v) is 13.4. The molecule has 0 bridgehead atoms. The number of methoxy groups -OCH3 is 1. The number of hydrogen-bond acceptors (Lipinski definition) is 14. The van der Waals surface area contributed by atoms with E-state index in [2.05, 4.69) is 0 Å². The van der Waals surface area contributed by atoms with Gasteiger partial charge >= 0.3 is 11.3 Å². The lowest BCUT2D eigenvalue weighted by atomic mass is 9.75. The van der Waals surface area contributed by atoms with Gasteiger partial charge in [0, 0.05) is 30.7 Å². The van der Waals surface area contributed by atoms with E-state index in [-0.39, 0.29) is 37.3 Å². The van der Waals surface area contributed by atoms with Crippen LogP contribution >= 0.6 is 11.8 Å². The van der Waals surface area contributed by atoms with Crippen LogP contribution in [0.5, 0.6) is 0 Å². The van der Waals surface area contributed by atoms with E-state index in [1.807, 2.05) is 39.8 Å². The second-order valence-electron chi connectivity index (χ2n) is 17.1. The molecule has 53 heavy (non-hydrogen) atoms. The first-order chi connectivity index (χ1) is 24.4. The van der Waals surface area contributed by atoms with Crippen LogP contribution in [0.25, 0.3) is 0 Å². The number of hydrogen-bond donors (Lipinski definition) is 5. The maximum Gasteiger partial charge on any atom is 0.365 e. The first kappa shape index (κ1) is 46.3. The Morgan fingerprint density at radius 3 is 2.06 bits per heavy atom. The fourth-order valence-corrected chi connectivity index (χ4v) is 9.89. The summed E-state index contributed by atoms with van der Waals surface area (Å²) in [7, 11) is 5.22. The second kappa shape index (κ2) is 18.4. The Balaban J connectivity index is 2.20. The van der Waals surface area contributed by atoms with Gasteiger partial charge in [-0.1, -0.05) is 27.7 Å². The van der Waals surface area contributed by atoms with Gasteiger partial charge in [-0.3, -0.25) is 4.79 Å². The summed E-state index contributed by atoms with van der Waals surface area (Å²) in [5.41, 5.74) is -4.24. The van der Waals surface area contributed by atoms with Crippen LogP contribution in [0.2, 0.25) is 0 Å². The number of aliphatic hydroxyl groups excluding tert-OH is 2. The fraction of sp³-hybridized carbons (Fsp3) is 0.947. The lowest BCUT2D eigenvalue weighted by Gasteiger charge is -2.49.